The minimum atomic E-state index is 0.0459. The van der Waals surface area contributed by atoms with Crippen molar-refractivity contribution in [2.75, 3.05) is 14.2 Å². The molecule has 4 heteroatoms. The molecule has 0 saturated heterocycles. The summed E-state index contributed by atoms with van der Waals surface area (Å²) in [5.74, 6) is 0.763. The van der Waals surface area contributed by atoms with Crippen LogP contribution in [0.4, 0.5) is 0 Å². The van der Waals surface area contributed by atoms with Crippen LogP contribution in [0.15, 0.2) is 40.9 Å². The Morgan fingerprint density at radius 1 is 1.20 bits per heavy atom. The standard InChI is InChI=1S/C16H17BrClNO/c1-10-6-11(8-12(17)7-10)16(19-2)14-5-4-13(20-3)9-15(14)18/h4-9,16,19H,1-3H3. The summed E-state index contributed by atoms with van der Waals surface area (Å²) in [5, 5.41) is 4.02. The molecule has 1 N–H and O–H groups in total. The van der Waals surface area contributed by atoms with Gasteiger partial charge in [0.2, 0.25) is 0 Å². The van der Waals surface area contributed by atoms with Crippen molar-refractivity contribution in [1.29, 1.82) is 0 Å². The maximum atomic E-state index is 6.38. The molecule has 106 valence electrons. The predicted octanol–water partition coefficient (Wildman–Crippen LogP) is 4.73. The average molecular weight is 355 g/mol. The Balaban J connectivity index is 2.46. The number of benzene rings is 2. The van der Waals surface area contributed by atoms with Crippen LogP contribution in [-0.4, -0.2) is 14.2 Å². The second-order valence-corrected chi connectivity index (χ2v) is 5.99. The van der Waals surface area contributed by atoms with E-state index < -0.39 is 0 Å². The summed E-state index contributed by atoms with van der Waals surface area (Å²) < 4.78 is 6.26. The lowest BCUT2D eigenvalue weighted by Crippen LogP contribution is -2.18. The van der Waals surface area contributed by atoms with Crippen LogP contribution in [0.3, 0.4) is 0 Å². The Bertz CT molecular complexity index is 595. The molecule has 0 saturated carbocycles. The second kappa shape index (κ2) is 6.61. The Morgan fingerprint density at radius 3 is 2.50 bits per heavy atom. The third-order valence-corrected chi connectivity index (χ3v) is 3.99. The van der Waals surface area contributed by atoms with Gasteiger partial charge in [-0.05, 0) is 54.9 Å². The SMILES string of the molecule is CNC(c1cc(C)cc(Br)c1)c1ccc(OC)cc1Cl. The first kappa shape index (κ1) is 15.4. The van der Waals surface area contributed by atoms with Gasteiger partial charge in [0.05, 0.1) is 13.2 Å². The first-order chi connectivity index (χ1) is 9.55. The van der Waals surface area contributed by atoms with Gasteiger partial charge in [-0.15, -0.1) is 0 Å². The summed E-state index contributed by atoms with van der Waals surface area (Å²) in [6.45, 7) is 2.08. The first-order valence-corrected chi connectivity index (χ1v) is 7.50. The maximum Gasteiger partial charge on any atom is 0.120 e. The van der Waals surface area contributed by atoms with E-state index in [0.717, 1.165) is 15.8 Å². The zero-order valence-electron chi connectivity index (χ0n) is 11.7. The number of hydrogen-bond acceptors (Lipinski definition) is 2. The summed E-state index contributed by atoms with van der Waals surface area (Å²) in [5.41, 5.74) is 3.41. The number of aryl methyl sites for hydroxylation is 1. The zero-order valence-corrected chi connectivity index (χ0v) is 14.0. The fourth-order valence-electron chi connectivity index (χ4n) is 2.30. The molecule has 0 heterocycles. The van der Waals surface area contributed by atoms with Crippen LogP contribution in [0.5, 0.6) is 5.75 Å². The number of methoxy groups -OCH3 is 1. The van der Waals surface area contributed by atoms with Crippen LogP contribution in [0.25, 0.3) is 0 Å². The number of nitrogens with one attached hydrogen (secondary N) is 1. The summed E-state index contributed by atoms with van der Waals surface area (Å²) >= 11 is 9.92. The number of rotatable bonds is 4. The average Bonchev–Trinajstić information content (AvgIpc) is 2.40. The van der Waals surface area contributed by atoms with E-state index >= 15 is 0 Å². The van der Waals surface area contributed by atoms with Crippen LogP contribution < -0.4 is 10.1 Å². The molecule has 2 nitrogen and oxygen atoms in total. The van der Waals surface area contributed by atoms with Crippen molar-refractivity contribution in [2.45, 2.75) is 13.0 Å². The van der Waals surface area contributed by atoms with Crippen molar-refractivity contribution in [1.82, 2.24) is 5.32 Å². The highest BCUT2D eigenvalue weighted by Crippen LogP contribution is 2.32. The van der Waals surface area contributed by atoms with Gasteiger partial charge >= 0.3 is 0 Å². The second-order valence-electron chi connectivity index (χ2n) is 4.67. The van der Waals surface area contributed by atoms with Crippen LogP contribution >= 0.6 is 27.5 Å². The molecule has 0 bridgehead atoms. The van der Waals surface area contributed by atoms with E-state index in [1.165, 1.54) is 11.1 Å². The van der Waals surface area contributed by atoms with E-state index in [9.17, 15) is 0 Å². The van der Waals surface area contributed by atoms with Gasteiger partial charge in [-0.25, -0.2) is 0 Å². The fourth-order valence-corrected chi connectivity index (χ4v) is 3.21. The number of hydrogen-bond donors (Lipinski definition) is 1. The molecule has 0 aliphatic carbocycles. The van der Waals surface area contributed by atoms with Crippen LogP contribution in [0.1, 0.15) is 22.7 Å². The zero-order chi connectivity index (χ0) is 14.7. The van der Waals surface area contributed by atoms with Crippen molar-refractivity contribution in [3.63, 3.8) is 0 Å². The Labute approximate surface area is 133 Å². The van der Waals surface area contributed by atoms with Crippen LogP contribution in [0, 0.1) is 6.92 Å². The van der Waals surface area contributed by atoms with E-state index in [0.29, 0.717) is 5.02 Å². The van der Waals surface area contributed by atoms with Gasteiger partial charge in [-0.1, -0.05) is 39.7 Å². The molecule has 2 rings (SSSR count). The number of ether oxygens (including phenoxy) is 1. The van der Waals surface area contributed by atoms with Gasteiger partial charge in [0.15, 0.2) is 0 Å². The predicted molar refractivity (Wildman–Crippen MR) is 87.8 cm³/mol. The van der Waals surface area contributed by atoms with E-state index in [1.54, 1.807) is 7.11 Å². The molecule has 1 unspecified atom stereocenters. The van der Waals surface area contributed by atoms with Crippen molar-refractivity contribution in [2.24, 2.45) is 0 Å². The molecule has 0 aromatic heterocycles. The van der Waals surface area contributed by atoms with E-state index in [4.69, 9.17) is 16.3 Å². The normalized spacial score (nSPS) is 12.2. The Morgan fingerprint density at radius 2 is 1.95 bits per heavy atom. The van der Waals surface area contributed by atoms with Crippen molar-refractivity contribution in [3.8, 4) is 5.75 Å². The summed E-state index contributed by atoms with van der Waals surface area (Å²) in [6.07, 6.45) is 0. The van der Waals surface area contributed by atoms with Crippen molar-refractivity contribution < 1.29 is 4.74 Å². The van der Waals surface area contributed by atoms with Crippen LogP contribution in [-0.2, 0) is 0 Å². The van der Waals surface area contributed by atoms with Crippen molar-refractivity contribution >= 4 is 27.5 Å². The topological polar surface area (TPSA) is 21.3 Å². The molecule has 1 atom stereocenters. The van der Waals surface area contributed by atoms with Gasteiger partial charge in [0, 0.05) is 9.50 Å². The lowest BCUT2D eigenvalue weighted by atomic mass is 9.97. The number of halogens is 2. The third-order valence-electron chi connectivity index (χ3n) is 3.21. The van der Waals surface area contributed by atoms with E-state index in [2.05, 4.69) is 46.4 Å². The maximum absolute atomic E-state index is 6.38. The van der Waals surface area contributed by atoms with Gasteiger partial charge in [-0.2, -0.15) is 0 Å². The molecular formula is C16H17BrClNO. The molecule has 2 aromatic carbocycles. The van der Waals surface area contributed by atoms with Gasteiger partial charge in [0.25, 0.3) is 0 Å². The third kappa shape index (κ3) is 3.35. The Hall–Kier alpha value is -1.03. The summed E-state index contributed by atoms with van der Waals surface area (Å²) in [6, 6.07) is 12.2. The lowest BCUT2D eigenvalue weighted by molar-refractivity contribution is 0.414. The molecule has 0 amide bonds. The van der Waals surface area contributed by atoms with E-state index in [1.807, 2.05) is 25.2 Å². The van der Waals surface area contributed by atoms with Gasteiger partial charge < -0.3 is 10.1 Å². The fraction of sp³-hybridized carbons (Fsp3) is 0.250. The summed E-state index contributed by atoms with van der Waals surface area (Å²) in [4.78, 5) is 0. The van der Waals surface area contributed by atoms with Gasteiger partial charge in [0.1, 0.15) is 5.75 Å². The molecule has 0 fully saturated rings. The Kier molecular flexibility index (Phi) is 5.08. The largest absolute Gasteiger partial charge is 0.497 e. The van der Waals surface area contributed by atoms with Gasteiger partial charge in [-0.3, -0.25) is 0 Å². The summed E-state index contributed by atoms with van der Waals surface area (Å²) in [7, 11) is 3.57. The van der Waals surface area contributed by atoms with Crippen LogP contribution in [0.2, 0.25) is 5.02 Å². The smallest absolute Gasteiger partial charge is 0.120 e. The molecule has 0 radical (unpaired) electrons. The highest BCUT2D eigenvalue weighted by atomic mass is 79.9. The molecule has 0 aliphatic rings. The van der Waals surface area contributed by atoms with E-state index in [-0.39, 0.29) is 6.04 Å². The molecule has 2 aromatic rings. The minimum Gasteiger partial charge on any atom is -0.497 e. The highest BCUT2D eigenvalue weighted by molar-refractivity contribution is 9.10. The molecule has 20 heavy (non-hydrogen) atoms. The highest BCUT2D eigenvalue weighted by Gasteiger charge is 2.16. The minimum absolute atomic E-state index is 0.0459. The molecular weight excluding hydrogens is 338 g/mol. The first-order valence-electron chi connectivity index (χ1n) is 6.33. The quantitative estimate of drug-likeness (QED) is 0.857. The monoisotopic (exact) mass is 353 g/mol. The van der Waals surface area contributed by atoms with Crippen molar-refractivity contribution in [3.05, 3.63) is 62.6 Å². The lowest BCUT2D eigenvalue weighted by Gasteiger charge is -2.20. The molecule has 0 aliphatic heterocycles. The molecule has 0 spiro atoms.